The van der Waals surface area contributed by atoms with Gasteiger partial charge in [0.2, 0.25) is 0 Å². The van der Waals surface area contributed by atoms with E-state index in [1.165, 1.54) is 18.2 Å². The maximum absolute atomic E-state index is 11.6. The fourth-order valence-electron chi connectivity index (χ4n) is 1.94. The fourth-order valence-corrected chi connectivity index (χ4v) is 1.94. The van der Waals surface area contributed by atoms with E-state index in [1.807, 2.05) is 26.0 Å². The summed E-state index contributed by atoms with van der Waals surface area (Å²) in [5.74, 6) is -0.188. The van der Waals surface area contributed by atoms with Gasteiger partial charge < -0.3 is 10.1 Å². The van der Waals surface area contributed by atoms with Crippen molar-refractivity contribution >= 4 is 5.97 Å². The predicted molar refractivity (Wildman–Crippen MR) is 73.4 cm³/mol. The lowest BCUT2D eigenvalue weighted by Gasteiger charge is -2.25. The average molecular weight is 249 g/mol. The molecule has 1 rings (SSSR count). The fraction of sp³-hybridized carbons (Fsp3) is 0.533. The zero-order valence-electron chi connectivity index (χ0n) is 11.9. The van der Waals surface area contributed by atoms with E-state index in [4.69, 9.17) is 4.74 Å². The van der Waals surface area contributed by atoms with Gasteiger partial charge >= 0.3 is 5.97 Å². The van der Waals surface area contributed by atoms with E-state index in [2.05, 4.69) is 31.3 Å². The molecular formula is C15H23NO2. The van der Waals surface area contributed by atoms with Crippen molar-refractivity contribution in [3.8, 4) is 0 Å². The smallest absolute Gasteiger partial charge is 0.312 e. The number of carbonyl (C=O) groups excluding carboxylic acids is 1. The van der Waals surface area contributed by atoms with Gasteiger partial charge in [0.25, 0.3) is 0 Å². The monoisotopic (exact) mass is 249 g/mol. The minimum Gasteiger partial charge on any atom is -0.469 e. The van der Waals surface area contributed by atoms with Crippen molar-refractivity contribution in [2.75, 3.05) is 13.7 Å². The molecule has 0 amide bonds. The van der Waals surface area contributed by atoms with E-state index in [-0.39, 0.29) is 12.0 Å². The second-order valence-corrected chi connectivity index (χ2v) is 5.33. The summed E-state index contributed by atoms with van der Waals surface area (Å²) in [6, 6.07) is 8.49. The Morgan fingerprint density at radius 2 is 2.00 bits per heavy atom. The van der Waals surface area contributed by atoms with E-state index in [9.17, 15) is 4.79 Å². The molecule has 0 spiro atoms. The summed E-state index contributed by atoms with van der Waals surface area (Å²) in [5.41, 5.74) is 2.01. The van der Waals surface area contributed by atoms with Gasteiger partial charge in [-0.2, -0.15) is 0 Å². The van der Waals surface area contributed by atoms with Crippen LogP contribution in [-0.4, -0.2) is 19.6 Å². The quantitative estimate of drug-likeness (QED) is 0.815. The Hall–Kier alpha value is -1.35. The number of rotatable bonds is 5. The SMILES string of the molecule is COC(=O)C(C)(C)CN[C@H](C)c1ccccc1C. The lowest BCUT2D eigenvalue weighted by atomic mass is 9.92. The molecule has 0 bridgehead atoms. The maximum atomic E-state index is 11.6. The van der Waals surface area contributed by atoms with Crippen LogP contribution >= 0.6 is 0 Å². The Morgan fingerprint density at radius 1 is 1.39 bits per heavy atom. The average Bonchev–Trinajstić information content (AvgIpc) is 2.35. The zero-order valence-corrected chi connectivity index (χ0v) is 11.9. The van der Waals surface area contributed by atoms with Gasteiger partial charge in [0.1, 0.15) is 0 Å². The zero-order chi connectivity index (χ0) is 13.8. The number of hydrogen-bond donors (Lipinski definition) is 1. The van der Waals surface area contributed by atoms with Crippen LogP contribution in [0.15, 0.2) is 24.3 Å². The molecule has 1 atom stereocenters. The van der Waals surface area contributed by atoms with E-state index < -0.39 is 5.41 Å². The first kappa shape index (κ1) is 14.7. The Labute approximate surface area is 110 Å². The van der Waals surface area contributed by atoms with E-state index >= 15 is 0 Å². The van der Waals surface area contributed by atoms with Crippen LogP contribution in [0.4, 0.5) is 0 Å². The number of carbonyl (C=O) groups is 1. The molecule has 0 aliphatic rings. The maximum Gasteiger partial charge on any atom is 0.312 e. The van der Waals surface area contributed by atoms with Crippen molar-refractivity contribution < 1.29 is 9.53 Å². The molecule has 0 aliphatic heterocycles. The molecule has 0 radical (unpaired) electrons. The molecular weight excluding hydrogens is 226 g/mol. The normalized spacial score (nSPS) is 13.2. The summed E-state index contributed by atoms with van der Waals surface area (Å²) in [4.78, 5) is 11.6. The Bertz CT molecular complexity index is 413. The molecule has 3 nitrogen and oxygen atoms in total. The highest BCUT2D eigenvalue weighted by atomic mass is 16.5. The van der Waals surface area contributed by atoms with Crippen LogP contribution in [0, 0.1) is 12.3 Å². The number of aryl methyl sites for hydroxylation is 1. The van der Waals surface area contributed by atoms with Crippen LogP contribution in [0.2, 0.25) is 0 Å². The van der Waals surface area contributed by atoms with Gasteiger partial charge in [-0.25, -0.2) is 0 Å². The van der Waals surface area contributed by atoms with Crippen molar-refractivity contribution in [2.24, 2.45) is 5.41 Å². The minimum atomic E-state index is -0.508. The van der Waals surface area contributed by atoms with Crippen molar-refractivity contribution in [1.82, 2.24) is 5.32 Å². The Kier molecular flexibility index (Phi) is 4.91. The Morgan fingerprint density at radius 3 is 2.56 bits per heavy atom. The van der Waals surface area contributed by atoms with Gasteiger partial charge in [0.15, 0.2) is 0 Å². The number of methoxy groups -OCH3 is 1. The lowest BCUT2D eigenvalue weighted by molar-refractivity contribution is -0.150. The first-order chi connectivity index (χ1) is 8.38. The minimum absolute atomic E-state index is 0.188. The van der Waals surface area contributed by atoms with Gasteiger partial charge in [0, 0.05) is 12.6 Å². The molecule has 0 saturated heterocycles. The Balaban J connectivity index is 2.64. The van der Waals surface area contributed by atoms with Crippen LogP contribution in [0.1, 0.15) is 37.9 Å². The van der Waals surface area contributed by atoms with E-state index in [0.717, 1.165) is 0 Å². The first-order valence-electron chi connectivity index (χ1n) is 6.26. The molecule has 100 valence electrons. The number of nitrogens with one attached hydrogen (secondary N) is 1. The van der Waals surface area contributed by atoms with Crippen molar-refractivity contribution in [1.29, 1.82) is 0 Å². The molecule has 0 saturated carbocycles. The molecule has 0 aliphatic carbocycles. The van der Waals surface area contributed by atoms with Crippen molar-refractivity contribution in [3.05, 3.63) is 35.4 Å². The largest absolute Gasteiger partial charge is 0.469 e. The standard InChI is InChI=1S/C15H23NO2/c1-11-8-6-7-9-13(11)12(2)16-10-15(3,4)14(17)18-5/h6-9,12,16H,10H2,1-5H3/t12-/m1/s1. The van der Waals surface area contributed by atoms with Crippen LogP contribution in [0.3, 0.4) is 0 Å². The summed E-state index contributed by atoms with van der Waals surface area (Å²) in [7, 11) is 1.43. The second kappa shape index (κ2) is 6.01. The molecule has 1 aromatic rings. The highest BCUT2D eigenvalue weighted by Crippen LogP contribution is 2.20. The molecule has 1 aromatic carbocycles. The summed E-state index contributed by atoms with van der Waals surface area (Å²) in [6.45, 7) is 8.57. The summed E-state index contributed by atoms with van der Waals surface area (Å²) in [6.07, 6.45) is 0. The predicted octanol–water partition coefficient (Wildman–Crippen LogP) is 2.84. The van der Waals surface area contributed by atoms with Gasteiger partial charge in [0.05, 0.1) is 12.5 Å². The van der Waals surface area contributed by atoms with Gasteiger partial charge in [-0.15, -0.1) is 0 Å². The third-order valence-electron chi connectivity index (χ3n) is 3.24. The second-order valence-electron chi connectivity index (χ2n) is 5.33. The molecule has 0 heterocycles. The molecule has 1 N–H and O–H groups in total. The highest BCUT2D eigenvalue weighted by molar-refractivity contribution is 5.76. The molecule has 0 aromatic heterocycles. The van der Waals surface area contributed by atoms with Crippen LogP contribution in [-0.2, 0) is 9.53 Å². The van der Waals surface area contributed by atoms with Gasteiger partial charge in [-0.3, -0.25) is 4.79 Å². The number of esters is 1. The highest BCUT2D eigenvalue weighted by Gasteiger charge is 2.28. The molecule has 3 heteroatoms. The topological polar surface area (TPSA) is 38.3 Å². The third kappa shape index (κ3) is 3.57. The van der Waals surface area contributed by atoms with Crippen molar-refractivity contribution in [3.63, 3.8) is 0 Å². The number of ether oxygens (including phenoxy) is 1. The molecule has 18 heavy (non-hydrogen) atoms. The number of benzene rings is 1. The number of hydrogen-bond acceptors (Lipinski definition) is 3. The van der Waals surface area contributed by atoms with Gasteiger partial charge in [-0.05, 0) is 38.8 Å². The van der Waals surface area contributed by atoms with Crippen molar-refractivity contribution in [2.45, 2.75) is 33.7 Å². The summed E-state index contributed by atoms with van der Waals surface area (Å²) in [5, 5.41) is 3.39. The lowest BCUT2D eigenvalue weighted by Crippen LogP contribution is -2.38. The van der Waals surface area contributed by atoms with E-state index in [0.29, 0.717) is 6.54 Å². The van der Waals surface area contributed by atoms with E-state index in [1.54, 1.807) is 0 Å². The van der Waals surface area contributed by atoms with Crippen LogP contribution in [0.25, 0.3) is 0 Å². The summed E-state index contributed by atoms with van der Waals surface area (Å²) >= 11 is 0. The molecule has 0 fully saturated rings. The molecule has 0 unspecified atom stereocenters. The first-order valence-corrected chi connectivity index (χ1v) is 6.26. The third-order valence-corrected chi connectivity index (χ3v) is 3.24. The summed E-state index contributed by atoms with van der Waals surface area (Å²) < 4.78 is 4.80. The van der Waals surface area contributed by atoms with Crippen LogP contribution < -0.4 is 5.32 Å². The van der Waals surface area contributed by atoms with Gasteiger partial charge in [-0.1, -0.05) is 24.3 Å². The van der Waals surface area contributed by atoms with Crippen LogP contribution in [0.5, 0.6) is 0 Å².